The van der Waals surface area contributed by atoms with Crippen molar-refractivity contribution in [3.05, 3.63) is 64.3 Å². The quantitative estimate of drug-likeness (QED) is 0.351. The molecule has 0 spiro atoms. The Morgan fingerprint density at radius 3 is 2.49 bits per heavy atom. The van der Waals surface area contributed by atoms with Crippen LogP contribution in [0.15, 0.2) is 42.5 Å². The normalized spacial score (nSPS) is 20.3. The molecule has 0 amide bonds. The van der Waals surface area contributed by atoms with Crippen LogP contribution in [0.4, 0.5) is 0 Å². The summed E-state index contributed by atoms with van der Waals surface area (Å²) in [4.78, 5) is 26.7. The van der Waals surface area contributed by atoms with E-state index in [4.69, 9.17) is 21.1 Å². The first-order chi connectivity index (χ1) is 16.7. The number of hydrogen-bond donors (Lipinski definition) is 0. The zero-order valence-corrected chi connectivity index (χ0v) is 21.9. The number of fused-ring (bicyclic) bond motifs is 1. The van der Waals surface area contributed by atoms with Crippen molar-refractivity contribution in [1.82, 2.24) is 4.57 Å². The van der Waals surface area contributed by atoms with Gasteiger partial charge in [-0.05, 0) is 85.5 Å². The summed E-state index contributed by atoms with van der Waals surface area (Å²) < 4.78 is 13.2. The summed E-state index contributed by atoms with van der Waals surface area (Å²) in [6, 6.07) is 12.4. The van der Waals surface area contributed by atoms with Crippen molar-refractivity contribution in [1.29, 1.82) is 0 Å². The fourth-order valence-electron chi connectivity index (χ4n) is 5.40. The van der Waals surface area contributed by atoms with E-state index >= 15 is 0 Å². The van der Waals surface area contributed by atoms with Crippen LogP contribution in [0.2, 0.25) is 5.02 Å². The number of benzene rings is 2. The van der Waals surface area contributed by atoms with Crippen LogP contribution in [0, 0.1) is 24.7 Å². The highest BCUT2D eigenvalue weighted by molar-refractivity contribution is 6.30. The van der Waals surface area contributed by atoms with Crippen molar-refractivity contribution < 1.29 is 19.1 Å². The van der Waals surface area contributed by atoms with E-state index in [1.54, 1.807) is 35.9 Å². The van der Waals surface area contributed by atoms with E-state index in [1.807, 2.05) is 25.1 Å². The molecule has 2 aromatic carbocycles. The standard InChI is InChI=1S/C29H34ClNO4/c1-17(2)23-12-6-18(3)14-27(23)35-28(32)16-24-19(4)31(26-13-11-22(34-5)15-25(24)26)29(33)20-7-9-21(30)10-8-20/h7-11,13,15,17-18,23,27H,6,12,14,16H2,1-5H3/t18-,23+,27-/m0/s1. The Balaban J connectivity index is 1.69. The van der Waals surface area contributed by atoms with Crippen LogP contribution >= 0.6 is 11.6 Å². The fourth-order valence-corrected chi connectivity index (χ4v) is 5.53. The molecule has 35 heavy (non-hydrogen) atoms. The van der Waals surface area contributed by atoms with E-state index in [0.717, 1.165) is 35.0 Å². The van der Waals surface area contributed by atoms with Gasteiger partial charge in [-0.3, -0.25) is 14.2 Å². The number of methoxy groups -OCH3 is 1. The Morgan fingerprint density at radius 2 is 1.83 bits per heavy atom. The molecular weight excluding hydrogens is 462 g/mol. The lowest BCUT2D eigenvalue weighted by Crippen LogP contribution is -2.36. The van der Waals surface area contributed by atoms with Crippen molar-refractivity contribution in [2.45, 2.75) is 59.5 Å². The minimum absolute atomic E-state index is 0.0647. The van der Waals surface area contributed by atoms with Crippen molar-refractivity contribution >= 4 is 34.4 Å². The summed E-state index contributed by atoms with van der Waals surface area (Å²) in [5.41, 5.74) is 2.77. The number of carbonyl (C=O) groups is 2. The molecule has 1 aliphatic rings. The lowest BCUT2D eigenvalue weighted by molar-refractivity contribution is -0.155. The molecule has 0 unspecified atom stereocenters. The minimum atomic E-state index is -0.251. The topological polar surface area (TPSA) is 57.5 Å². The molecule has 0 saturated heterocycles. The number of carbonyl (C=O) groups excluding carboxylic acids is 2. The van der Waals surface area contributed by atoms with Crippen LogP contribution in [0.3, 0.4) is 0 Å². The van der Waals surface area contributed by atoms with E-state index in [0.29, 0.717) is 34.1 Å². The molecule has 0 radical (unpaired) electrons. The number of rotatable bonds is 6. The smallest absolute Gasteiger partial charge is 0.310 e. The van der Waals surface area contributed by atoms with Crippen LogP contribution in [-0.4, -0.2) is 29.7 Å². The molecule has 1 aromatic heterocycles. The van der Waals surface area contributed by atoms with E-state index in [2.05, 4.69) is 20.8 Å². The molecule has 1 saturated carbocycles. The Labute approximate surface area is 212 Å². The third-order valence-electron chi connectivity index (χ3n) is 7.40. The van der Waals surface area contributed by atoms with Gasteiger partial charge in [-0.15, -0.1) is 0 Å². The Kier molecular flexibility index (Phi) is 7.56. The van der Waals surface area contributed by atoms with Crippen LogP contribution < -0.4 is 4.74 Å². The molecule has 3 aromatic rings. The van der Waals surface area contributed by atoms with Crippen LogP contribution in [0.5, 0.6) is 5.75 Å². The van der Waals surface area contributed by atoms with E-state index in [1.165, 1.54) is 6.42 Å². The molecule has 186 valence electrons. The van der Waals surface area contributed by atoms with Crippen molar-refractivity contribution in [2.24, 2.45) is 17.8 Å². The van der Waals surface area contributed by atoms with Gasteiger partial charge < -0.3 is 9.47 Å². The second-order valence-electron chi connectivity index (χ2n) is 10.1. The maximum Gasteiger partial charge on any atom is 0.310 e. The zero-order valence-electron chi connectivity index (χ0n) is 21.1. The molecular formula is C29H34ClNO4. The van der Waals surface area contributed by atoms with Crippen molar-refractivity contribution in [2.75, 3.05) is 7.11 Å². The molecule has 0 bridgehead atoms. The SMILES string of the molecule is COc1ccc2c(c1)c(CC(=O)O[C@H]1C[C@@H](C)CC[C@@H]1C(C)C)c(C)n2C(=O)c1ccc(Cl)cc1. The van der Waals surface area contributed by atoms with Crippen LogP contribution in [0.1, 0.15) is 61.6 Å². The third-order valence-corrected chi connectivity index (χ3v) is 7.65. The number of nitrogens with zero attached hydrogens (tertiary/aromatic N) is 1. The van der Waals surface area contributed by atoms with Gasteiger partial charge in [0, 0.05) is 21.7 Å². The van der Waals surface area contributed by atoms with Gasteiger partial charge in [0.1, 0.15) is 11.9 Å². The van der Waals surface area contributed by atoms with Gasteiger partial charge in [-0.1, -0.05) is 38.8 Å². The minimum Gasteiger partial charge on any atom is -0.497 e. The lowest BCUT2D eigenvalue weighted by atomic mass is 9.75. The maximum absolute atomic E-state index is 13.5. The predicted molar refractivity (Wildman–Crippen MR) is 139 cm³/mol. The second kappa shape index (κ2) is 10.4. The molecule has 6 heteroatoms. The largest absolute Gasteiger partial charge is 0.497 e. The Hall–Kier alpha value is -2.79. The van der Waals surface area contributed by atoms with Gasteiger partial charge in [-0.2, -0.15) is 0 Å². The monoisotopic (exact) mass is 495 g/mol. The molecule has 5 nitrogen and oxygen atoms in total. The van der Waals surface area contributed by atoms with Gasteiger partial charge in [0.15, 0.2) is 0 Å². The van der Waals surface area contributed by atoms with E-state index in [9.17, 15) is 9.59 Å². The average Bonchev–Trinajstić information content (AvgIpc) is 3.09. The zero-order chi connectivity index (χ0) is 25.3. The summed E-state index contributed by atoms with van der Waals surface area (Å²) >= 11 is 6.02. The third kappa shape index (κ3) is 5.25. The molecule has 1 fully saturated rings. The van der Waals surface area contributed by atoms with Gasteiger partial charge in [0.25, 0.3) is 5.91 Å². The van der Waals surface area contributed by atoms with E-state index in [-0.39, 0.29) is 24.4 Å². The average molecular weight is 496 g/mol. The van der Waals surface area contributed by atoms with Gasteiger partial charge >= 0.3 is 5.97 Å². The fraction of sp³-hybridized carbons (Fsp3) is 0.448. The van der Waals surface area contributed by atoms with Crippen molar-refractivity contribution in [3.8, 4) is 5.75 Å². The predicted octanol–water partition coefficient (Wildman–Crippen LogP) is 6.85. The number of hydrogen-bond acceptors (Lipinski definition) is 4. The highest BCUT2D eigenvalue weighted by Crippen LogP contribution is 2.36. The molecule has 0 N–H and O–H groups in total. The summed E-state index contributed by atoms with van der Waals surface area (Å²) in [6.45, 7) is 8.51. The molecule has 4 rings (SSSR count). The number of aromatic nitrogens is 1. The van der Waals surface area contributed by atoms with Crippen molar-refractivity contribution in [3.63, 3.8) is 0 Å². The first-order valence-corrected chi connectivity index (χ1v) is 12.7. The van der Waals surface area contributed by atoms with Crippen LogP contribution in [-0.2, 0) is 16.0 Å². The first kappa shape index (κ1) is 25.3. The highest BCUT2D eigenvalue weighted by Gasteiger charge is 2.34. The first-order valence-electron chi connectivity index (χ1n) is 12.4. The number of halogens is 1. The molecule has 1 heterocycles. The molecule has 0 aliphatic heterocycles. The van der Waals surface area contributed by atoms with Crippen LogP contribution in [0.25, 0.3) is 10.9 Å². The van der Waals surface area contributed by atoms with E-state index < -0.39 is 0 Å². The van der Waals surface area contributed by atoms with Gasteiger partial charge in [0.2, 0.25) is 0 Å². The summed E-state index contributed by atoms with van der Waals surface area (Å²) in [5, 5.41) is 1.39. The maximum atomic E-state index is 13.5. The summed E-state index contributed by atoms with van der Waals surface area (Å²) in [5.74, 6) is 1.64. The summed E-state index contributed by atoms with van der Waals surface area (Å²) in [7, 11) is 1.61. The summed E-state index contributed by atoms with van der Waals surface area (Å²) in [6.07, 6.45) is 3.20. The number of esters is 1. The molecule has 3 atom stereocenters. The molecule has 1 aliphatic carbocycles. The second-order valence-corrected chi connectivity index (χ2v) is 10.6. The van der Waals surface area contributed by atoms with Gasteiger partial charge in [-0.25, -0.2) is 0 Å². The highest BCUT2D eigenvalue weighted by atomic mass is 35.5. The number of ether oxygens (including phenoxy) is 2. The Bertz CT molecular complexity index is 1230. The lowest BCUT2D eigenvalue weighted by Gasteiger charge is -2.36. The Morgan fingerprint density at radius 1 is 1.11 bits per heavy atom. The van der Waals surface area contributed by atoms with Gasteiger partial charge in [0.05, 0.1) is 19.0 Å².